The van der Waals surface area contributed by atoms with Gasteiger partial charge >= 0.3 is 0 Å². The van der Waals surface area contributed by atoms with Crippen molar-refractivity contribution in [2.45, 2.75) is 25.7 Å². The molecular weight excluding hydrogens is 242 g/mol. The fourth-order valence-electron chi connectivity index (χ4n) is 2.72. The topological polar surface area (TPSA) is 46.6 Å². The second-order valence-electron chi connectivity index (χ2n) is 5.12. The summed E-state index contributed by atoms with van der Waals surface area (Å²) in [5, 5.41) is 0. The van der Waals surface area contributed by atoms with E-state index >= 15 is 0 Å². The minimum atomic E-state index is 0.0501. The fourth-order valence-corrected chi connectivity index (χ4v) is 2.72. The lowest BCUT2D eigenvalue weighted by Gasteiger charge is -2.15. The zero-order valence-corrected chi connectivity index (χ0v) is 10.9. The molecule has 0 radical (unpaired) electrons. The van der Waals surface area contributed by atoms with E-state index in [4.69, 9.17) is 4.74 Å². The lowest BCUT2D eigenvalue weighted by atomic mass is 10.1. The summed E-state index contributed by atoms with van der Waals surface area (Å²) in [5.41, 5.74) is 1.84. The lowest BCUT2D eigenvalue weighted by molar-refractivity contribution is -0.132. The number of benzene rings is 1. The number of fused-ring (bicyclic) bond motifs is 1. The van der Waals surface area contributed by atoms with Gasteiger partial charge in [0.15, 0.2) is 12.4 Å². The van der Waals surface area contributed by atoms with Crippen LogP contribution in [0.1, 0.15) is 35.2 Å². The van der Waals surface area contributed by atoms with Gasteiger partial charge in [-0.1, -0.05) is 0 Å². The molecule has 0 spiro atoms. The molecule has 1 aromatic rings. The molecular formula is C15H17NO3. The van der Waals surface area contributed by atoms with Crippen molar-refractivity contribution >= 4 is 11.7 Å². The number of carbonyl (C=O) groups excluding carboxylic acids is 2. The number of ketones is 1. The van der Waals surface area contributed by atoms with E-state index in [1.54, 1.807) is 12.1 Å². The molecule has 19 heavy (non-hydrogen) atoms. The molecule has 1 amide bonds. The quantitative estimate of drug-likeness (QED) is 0.831. The molecule has 4 heteroatoms. The van der Waals surface area contributed by atoms with Crippen LogP contribution >= 0.6 is 0 Å². The van der Waals surface area contributed by atoms with E-state index in [0.717, 1.165) is 43.5 Å². The van der Waals surface area contributed by atoms with Crippen molar-refractivity contribution in [3.63, 3.8) is 0 Å². The van der Waals surface area contributed by atoms with Crippen LogP contribution in [0.25, 0.3) is 0 Å². The van der Waals surface area contributed by atoms with Gasteiger partial charge in [-0.05, 0) is 43.0 Å². The van der Waals surface area contributed by atoms with Gasteiger partial charge < -0.3 is 9.64 Å². The first kappa shape index (κ1) is 12.2. The summed E-state index contributed by atoms with van der Waals surface area (Å²) in [6.07, 6.45) is 3.55. The monoisotopic (exact) mass is 259 g/mol. The maximum Gasteiger partial charge on any atom is 0.260 e. The molecule has 1 aliphatic carbocycles. The van der Waals surface area contributed by atoms with Crippen molar-refractivity contribution in [1.29, 1.82) is 0 Å². The third-order valence-electron chi connectivity index (χ3n) is 3.82. The zero-order valence-electron chi connectivity index (χ0n) is 10.9. The molecule has 1 fully saturated rings. The molecule has 0 aromatic heterocycles. The number of Topliss-reactive ketones (excluding diaryl/α,β-unsaturated/α-hetero) is 1. The number of ether oxygens (including phenoxy) is 1. The maximum absolute atomic E-state index is 11.9. The lowest BCUT2D eigenvalue weighted by Crippen LogP contribution is -2.32. The van der Waals surface area contributed by atoms with Crippen LogP contribution in [0.3, 0.4) is 0 Å². The van der Waals surface area contributed by atoms with E-state index in [0.29, 0.717) is 12.2 Å². The Morgan fingerprint density at radius 3 is 2.79 bits per heavy atom. The number of amides is 1. The molecule has 1 aliphatic heterocycles. The first-order valence-electron chi connectivity index (χ1n) is 6.81. The molecule has 4 nitrogen and oxygen atoms in total. The Morgan fingerprint density at radius 1 is 1.21 bits per heavy atom. The van der Waals surface area contributed by atoms with E-state index in [2.05, 4.69) is 0 Å². The van der Waals surface area contributed by atoms with E-state index in [9.17, 15) is 9.59 Å². The highest BCUT2D eigenvalue weighted by Crippen LogP contribution is 2.26. The number of rotatable bonds is 3. The summed E-state index contributed by atoms with van der Waals surface area (Å²) in [7, 11) is 0. The number of aryl methyl sites for hydroxylation is 1. The smallest absolute Gasteiger partial charge is 0.260 e. The number of nitrogens with zero attached hydrogens (tertiary/aromatic N) is 1. The van der Waals surface area contributed by atoms with Crippen molar-refractivity contribution in [2.75, 3.05) is 19.7 Å². The fraction of sp³-hybridized carbons (Fsp3) is 0.467. The molecule has 0 saturated carbocycles. The Kier molecular flexibility index (Phi) is 3.23. The van der Waals surface area contributed by atoms with Crippen LogP contribution in [0.2, 0.25) is 0 Å². The van der Waals surface area contributed by atoms with Gasteiger partial charge in [0.05, 0.1) is 0 Å². The number of carbonyl (C=O) groups is 2. The van der Waals surface area contributed by atoms with Gasteiger partial charge in [-0.3, -0.25) is 9.59 Å². The maximum atomic E-state index is 11.9. The molecule has 100 valence electrons. The summed E-state index contributed by atoms with van der Waals surface area (Å²) >= 11 is 0. The van der Waals surface area contributed by atoms with Crippen LogP contribution in [0.15, 0.2) is 18.2 Å². The number of hydrogen-bond donors (Lipinski definition) is 0. The average Bonchev–Trinajstić information content (AvgIpc) is 3.06. The molecule has 1 heterocycles. The van der Waals surface area contributed by atoms with Gasteiger partial charge in [0.25, 0.3) is 5.91 Å². The van der Waals surface area contributed by atoms with Gasteiger partial charge in [0, 0.05) is 25.1 Å². The van der Waals surface area contributed by atoms with Gasteiger partial charge in [0.2, 0.25) is 0 Å². The third-order valence-corrected chi connectivity index (χ3v) is 3.82. The largest absolute Gasteiger partial charge is 0.484 e. The Bertz CT molecular complexity index is 518. The minimum absolute atomic E-state index is 0.0501. The second-order valence-corrected chi connectivity index (χ2v) is 5.12. The summed E-state index contributed by atoms with van der Waals surface area (Å²) in [5.74, 6) is 0.935. The van der Waals surface area contributed by atoms with E-state index in [-0.39, 0.29) is 18.3 Å². The molecule has 1 saturated heterocycles. The third kappa shape index (κ3) is 2.48. The van der Waals surface area contributed by atoms with Crippen LogP contribution in [-0.2, 0) is 11.2 Å². The van der Waals surface area contributed by atoms with Crippen molar-refractivity contribution in [3.05, 3.63) is 29.3 Å². The first-order chi connectivity index (χ1) is 9.24. The van der Waals surface area contributed by atoms with E-state index in [1.807, 2.05) is 11.0 Å². The second kappa shape index (κ2) is 5.03. The average molecular weight is 259 g/mol. The van der Waals surface area contributed by atoms with Crippen LogP contribution < -0.4 is 4.74 Å². The highest BCUT2D eigenvalue weighted by atomic mass is 16.5. The highest BCUT2D eigenvalue weighted by Gasteiger charge is 2.21. The predicted octanol–water partition coefficient (Wildman–Crippen LogP) is 1.82. The summed E-state index contributed by atoms with van der Waals surface area (Å²) in [6, 6.07) is 5.47. The molecule has 1 aromatic carbocycles. The Hall–Kier alpha value is -1.84. The van der Waals surface area contributed by atoms with Gasteiger partial charge in [-0.25, -0.2) is 0 Å². The van der Waals surface area contributed by atoms with Crippen molar-refractivity contribution in [2.24, 2.45) is 0 Å². The summed E-state index contributed by atoms with van der Waals surface area (Å²) < 4.78 is 5.54. The summed E-state index contributed by atoms with van der Waals surface area (Å²) in [6.45, 7) is 1.79. The van der Waals surface area contributed by atoms with Crippen molar-refractivity contribution in [3.8, 4) is 5.75 Å². The van der Waals surface area contributed by atoms with E-state index < -0.39 is 0 Å². The van der Waals surface area contributed by atoms with Gasteiger partial charge in [-0.15, -0.1) is 0 Å². The Balaban J connectivity index is 1.61. The standard InChI is InChI=1S/C15H17NO3/c17-14-6-3-11-9-12(4-5-13(11)14)19-10-15(18)16-7-1-2-8-16/h4-5,9H,1-3,6-8,10H2. The Labute approximate surface area is 112 Å². The number of hydrogen-bond acceptors (Lipinski definition) is 3. The normalized spacial score (nSPS) is 17.7. The van der Waals surface area contributed by atoms with Crippen LogP contribution in [0.5, 0.6) is 5.75 Å². The zero-order chi connectivity index (χ0) is 13.2. The molecule has 0 N–H and O–H groups in total. The molecule has 3 rings (SSSR count). The van der Waals surface area contributed by atoms with Crippen LogP contribution in [-0.4, -0.2) is 36.3 Å². The Morgan fingerprint density at radius 2 is 2.00 bits per heavy atom. The summed E-state index contributed by atoms with van der Waals surface area (Å²) in [4.78, 5) is 25.2. The van der Waals surface area contributed by atoms with Crippen molar-refractivity contribution < 1.29 is 14.3 Å². The molecule has 0 unspecified atom stereocenters. The minimum Gasteiger partial charge on any atom is -0.484 e. The van der Waals surface area contributed by atoms with Crippen LogP contribution in [0.4, 0.5) is 0 Å². The first-order valence-corrected chi connectivity index (χ1v) is 6.81. The molecule has 0 bridgehead atoms. The van der Waals surface area contributed by atoms with Gasteiger partial charge in [0.1, 0.15) is 5.75 Å². The highest BCUT2D eigenvalue weighted by molar-refractivity contribution is 6.00. The molecule has 0 atom stereocenters. The molecule has 2 aliphatic rings. The van der Waals surface area contributed by atoms with Crippen molar-refractivity contribution in [1.82, 2.24) is 4.90 Å². The van der Waals surface area contributed by atoms with Crippen LogP contribution in [0, 0.1) is 0 Å². The number of likely N-dealkylation sites (tertiary alicyclic amines) is 1. The van der Waals surface area contributed by atoms with E-state index in [1.165, 1.54) is 0 Å². The SMILES string of the molecule is O=C1CCc2cc(OCC(=O)N3CCCC3)ccc21. The predicted molar refractivity (Wildman–Crippen MR) is 70.4 cm³/mol. The van der Waals surface area contributed by atoms with Gasteiger partial charge in [-0.2, -0.15) is 0 Å².